The number of anilines is 1. The molecule has 2 rings (SSSR count). The lowest BCUT2D eigenvalue weighted by Gasteiger charge is -2.22. The van der Waals surface area contributed by atoms with Crippen molar-refractivity contribution in [3.8, 4) is 0 Å². The lowest BCUT2D eigenvalue weighted by molar-refractivity contribution is -0.155. The first-order valence-corrected chi connectivity index (χ1v) is 7.43. The Morgan fingerprint density at radius 1 is 1.43 bits per heavy atom. The molecule has 0 saturated heterocycles. The highest BCUT2D eigenvalue weighted by Crippen LogP contribution is 2.36. The van der Waals surface area contributed by atoms with Gasteiger partial charge in [0.1, 0.15) is 5.60 Å². The van der Waals surface area contributed by atoms with Gasteiger partial charge < -0.3 is 10.1 Å². The first-order valence-electron chi connectivity index (χ1n) is 7.06. The maximum atomic E-state index is 12.1. The number of carbonyl (C=O) groups excluding carboxylic acids is 2. The minimum absolute atomic E-state index is 0.0368. The van der Waals surface area contributed by atoms with Gasteiger partial charge in [-0.1, -0.05) is 11.6 Å². The summed E-state index contributed by atoms with van der Waals surface area (Å²) in [5, 5.41) is 3.45. The number of carbonyl (C=O) groups is 2. The van der Waals surface area contributed by atoms with Crippen molar-refractivity contribution in [2.45, 2.75) is 51.6 Å². The van der Waals surface area contributed by atoms with Crippen LogP contribution in [0.15, 0.2) is 18.2 Å². The van der Waals surface area contributed by atoms with Crippen LogP contribution >= 0.6 is 11.6 Å². The van der Waals surface area contributed by atoms with Gasteiger partial charge in [0.25, 0.3) is 0 Å². The molecule has 1 unspecified atom stereocenters. The molecule has 5 heteroatoms. The second kappa shape index (κ2) is 6.06. The lowest BCUT2D eigenvalue weighted by Crippen LogP contribution is -2.25. The van der Waals surface area contributed by atoms with E-state index < -0.39 is 5.60 Å². The van der Waals surface area contributed by atoms with Gasteiger partial charge >= 0.3 is 5.97 Å². The van der Waals surface area contributed by atoms with Gasteiger partial charge in [-0.3, -0.25) is 9.59 Å². The molecule has 1 amide bonds. The van der Waals surface area contributed by atoms with Gasteiger partial charge in [0.15, 0.2) is 0 Å². The minimum atomic E-state index is -0.507. The zero-order chi connectivity index (χ0) is 15.6. The second-order valence-electron chi connectivity index (χ2n) is 6.31. The van der Waals surface area contributed by atoms with E-state index in [-0.39, 0.29) is 24.2 Å². The molecular weight excluding hydrogens is 290 g/mol. The van der Waals surface area contributed by atoms with Gasteiger partial charge in [0.2, 0.25) is 5.91 Å². The van der Waals surface area contributed by atoms with E-state index in [1.165, 1.54) is 0 Å². The van der Waals surface area contributed by atoms with Crippen molar-refractivity contribution < 1.29 is 14.3 Å². The van der Waals surface area contributed by atoms with E-state index in [0.717, 1.165) is 11.3 Å². The zero-order valence-corrected chi connectivity index (χ0v) is 13.3. The molecule has 0 fully saturated rings. The van der Waals surface area contributed by atoms with Crippen molar-refractivity contribution >= 4 is 29.2 Å². The van der Waals surface area contributed by atoms with Crippen molar-refractivity contribution in [2.24, 2.45) is 0 Å². The molecule has 0 bridgehead atoms. The van der Waals surface area contributed by atoms with Crippen molar-refractivity contribution in [2.75, 3.05) is 5.32 Å². The molecule has 1 heterocycles. The number of nitrogens with one attached hydrogen (secondary N) is 1. The van der Waals surface area contributed by atoms with Crippen molar-refractivity contribution in [3.05, 3.63) is 28.8 Å². The van der Waals surface area contributed by atoms with Gasteiger partial charge in [-0.2, -0.15) is 0 Å². The fourth-order valence-corrected chi connectivity index (χ4v) is 2.64. The highest BCUT2D eigenvalue weighted by molar-refractivity contribution is 6.30. The van der Waals surface area contributed by atoms with Gasteiger partial charge in [-0.25, -0.2) is 0 Å². The summed E-state index contributed by atoms with van der Waals surface area (Å²) in [4.78, 5) is 23.8. The Kier molecular flexibility index (Phi) is 4.57. The number of benzene rings is 1. The molecule has 1 aliphatic rings. The molecule has 0 radical (unpaired) electrons. The van der Waals surface area contributed by atoms with Crippen LogP contribution in [0.4, 0.5) is 5.69 Å². The van der Waals surface area contributed by atoms with Crippen LogP contribution in [0.5, 0.6) is 0 Å². The van der Waals surface area contributed by atoms with Crippen LogP contribution in [-0.4, -0.2) is 17.5 Å². The Morgan fingerprint density at radius 2 is 2.14 bits per heavy atom. The van der Waals surface area contributed by atoms with Crippen LogP contribution in [0, 0.1) is 0 Å². The van der Waals surface area contributed by atoms with Crippen molar-refractivity contribution in [1.82, 2.24) is 0 Å². The molecule has 1 aromatic rings. The quantitative estimate of drug-likeness (QED) is 0.843. The average molecular weight is 310 g/mol. The molecule has 0 saturated carbocycles. The summed E-state index contributed by atoms with van der Waals surface area (Å²) in [6.07, 6.45) is 1.25. The summed E-state index contributed by atoms with van der Waals surface area (Å²) >= 11 is 6.05. The molecular formula is C16H20ClNO3. The molecule has 21 heavy (non-hydrogen) atoms. The highest BCUT2D eigenvalue weighted by Gasteiger charge is 2.26. The van der Waals surface area contributed by atoms with E-state index in [4.69, 9.17) is 16.3 Å². The van der Waals surface area contributed by atoms with E-state index in [9.17, 15) is 9.59 Å². The van der Waals surface area contributed by atoms with Crippen LogP contribution in [-0.2, 0) is 14.3 Å². The highest BCUT2D eigenvalue weighted by atomic mass is 35.5. The van der Waals surface area contributed by atoms with Crippen LogP contribution in [0.1, 0.15) is 51.5 Å². The Morgan fingerprint density at radius 3 is 2.81 bits per heavy atom. The monoisotopic (exact) mass is 309 g/mol. The molecule has 0 aliphatic carbocycles. The normalized spacial score (nSPS) is 18.5. The molecule has 1 N–H and O–H groups in total. The number of rotatable bonds is 2. The van der Waals surface area contributed by atoms with Crippen LogP contribution in [0.3, 0.4) is 0 Å². The van der Waals surface area contributed by atoms with Gasteiger partial charge in [-0.15, -0.1) is 0 Å². The largest absolute Gasteiger partial charge is 0.460 e. The number of hydrogen-bond acceptors (Lipinski definition) is 3. The van der Waals surface area contributed by atoms with E-state index in [1.54, 1.807) is 12.1 Å². The molecule has 1 aromatic carbocycles. The Bertz CT molecular complexity index is 563. The predicted octanol–water partition coefficient (Wildman–Crippen LogP) is 3.89. The predicted molar refractivity (Wildman–Crippen MR) is 82.5 cm³/mol. The van der Waals surface area contributed by atoms with E-state index in [0.29, 0.717) is 17.9 Å². The van der Waals surface area contributed by atoms with Gasteiger partial charge in [0.05, 0.1) is 6.42 Å². The molecule has 1 aliphatic heterocycles. The molecule has 0 aromatic heterocycles. The zero-order valence-electron chi connectivity index (χ0n) is 12.5. The number of halogens is 1. The summed E-state index contributed by atoms with van der Waals surface area (Å²) in [5.74, 6) is -0.356. The van der Waals surface area contributed by atoms with Crippen LogP contribution in [0.25, 0.3) is 0 Å². The van der Waals surface area contributed by atoms with E-state index in [1.807, 2.05) is 26.8 Å². The Hall–Kier alpha value is -1.55. The maximum absolute atomic E-state index is 12.1. The number of ether oxygens (including phenoxy) is 1. The standard InChI is InChI=1S/C16H20ClNO3/c1-16(2,3)21-15(20)8-10-4-7-14(19)18-13-6-5-11(17)9-12(10)13/h5-6,9-10H,4,7-8H2,1-3H3,(H,18,19). The summed E-state index contributed by atoms with van der Waals surface area (Å²) < 4.78 is 5.38. The number of hydrogen-bond donors (Lipinski definition) is 1. The van der Waals surface area contributed by atoms with Crippen molar-refractivity contribution in [1.29, 1.82) is 0 Å². The third-order valence-electron chi connectivity index (χ3n) is 3.28. The maximum Gasteiger partial charge on any atom is 0.306 e. The molecule has 1 atom stereocenters. The summed E-state index contributed by atoms with van der Waals surface area (Å²) in [6, 6.07) is 5.33. The third-order valence-corrected chi connectivity index (χ3v) is 3.52. The van der Waals surface area contributed by atoms with Crippen LogP contribution < -0.4 is 5.32 Å². The third kappa shape index (κ3) is 4.46. The topological polar surface area (TPSA) is 55.4 Å². The first-order chi connectivity index (χ1) is 9.74. The molecule has 114 valence electrons. The minimum Gasteiger partial charge on any atom is -0.460 e. The van der Waals surface area contributed by atoms with Crippen molar-refractivity contribution in [3.63, 3.8) is 0 Å². The summed E-state index contributed by atoms with van der Waals surface area (Å²) in [6.45, 7) is 5.52. The Labute approximate surface area is 129 Å². The second-order valence-corrected chi connectivity index (χ2v) is 6.74. The fraction of sp³-hybridized carbons (Fsp3) is 0.500. The van der Waals surface area contributed by atoms with E-state index in [2.05, 4.69) is 5.32 Å². The fourth-order valence-electron chi connectivity index (χ4n) is 2.46. The lowest BCUT2D eigenvalue weighted by atomic mass is 9.91. The molecule has 0 spiro atoms. The Balaban J connectivity index is 2.22. The molecule has 4 nitrogen and oxygen atoms in total. The first kappa shape index (κ1) is 15.8. The number of amides is 1. The average Bonchev–Trinajstić information content (AvgIpc) is 2.47. The van der Waals surface area contributed by atoms with E-state index >= 15 is 0 Å². The number of esters is 1. The smallest absolute Gasteiger partial charge is 0.306 e. The van der Waals surface area contributed by atoms with Gasteiger partial charge in [0, 0.05) is 17.1 Å². The summed E-state index contributed by atoms with van der Waals surface area (Å²) in [7, 11) is 0. The number of fused-ring (bicyclic) bond motifs is 1. The summed E-state index contributed by atoms with van der Waals surface area (Å²) in [5.41, 5.74) is 1.13. The van der Waals surface area contributed by atoms with Crippen LogP contribution in [0.2, 0.25) is 5.02 Å². The van der Waals surface area contributed by atoms with Gasteiger partial charge in [-0.05, 0) is 56.9 Å². The SMILES string of the molecule is CC(C)(C)OC(=O)CC1CCC(=O)Nc2ccc(Cl)cc21.